The number of halogens is 4. The first-order chi connectivity index (χ1) is 9.58. The van der Waals surface area contributed by atoms with Crippen molar-refractivity contribution >= 4 is 21.6 Å². The molecule has 1 aromatic carbocycles. The summed E-state index contributed by atoms with van der Waals surface area (Å²) in [6.07, 6.45) is -4.63. The summed E-state index contributed by atoms with van der Waals surface area (Å²) in [4.78, 5) is -0.573. The van der Waals surface area contributed by atoms with E-state index in [1.165, 1.54) is 0 Å². The Bertz CT molecular complexity index is 591. The maximum atomic E-state index is 12.6. The SMILES string of the molecule is CNCC(C)CNS(=O)(=O)c1cc(C(F)(F)F)ccc1Cl. The molecule has 0 heterocycles. The van der Waals surface area contributed by atoms with Gasteiger partial charge in [-0.05, 0) is 37.7 Å². The molecule has 0 bridgehead atoms. The van der Waals surface area contributed by atoms with E-state index in [-0.39, 0.29) is 17.5 Å². The van der Waals surface area contributed by atoms with Crippen molar-refractivity contribution < 1.29 is 21.6 Å². The van der Waals surface area contributed by atoms with Crippen LogP contribution in [0.2, 0.25) is 5.02 Å². The van der Waals surface area contributed by atoms with E-state index >= 15 is 0 Å². The highest BCUT2D eigenvalue weighted by atomic mass is 35.5. The normalized spacial score (nSPS) is 14.2. The van der Waals surface area contributed by atoms with E-state index in [1.807, 2.05) is 0 Å². The predicted octanol–water partition coefficient (Wildman–Crippen LogP) is 2.49. The van der Waals surface area contributed by atoms with E-state index in [1.54, 1.807) is 14.0 Å². The van der Waals surface area contributed by atoms with E-state index in [0.717, 1.165) is 12.1 Å². The van der Waals surface area contributed by atoms with Gasteiger partial charge in [-0.3, -0.25) is 0 Å². The van der Waals surface area contributed by atoms with Crippen molar-refractivity contribution in [2.75, 3.05) is 20.1 Å². The second-order valence-corrected chi connectivity index (χ2v) is 6.80. The number of hydrogen-bond acceptors (Lipinski definition) is 3. The first-order valence-electron chi connectivity index (χ1n) is 6.09. The van der Waals surface area contributed by atoms with E-state index in [2.05, 4.69) is 10.0 Å². The fourth-order valence-corrected chi connectivity index (χ4v) is 3.32. The lowest BCUT2D eigenvalue weighted by Gasteiger charge is -2.14. The first-order valence-corrected chi connectivity index (χ1v) is 7.95. The molecule has 0 fully saturated rings. The third-order valence-electron chi connectivity index (χ3n) is 2.72. The van der Waals surface area contributed by atoms with Crippen molar-refractivity contribution in [3.8, 4) is 0 Å². The quantitative estimate of drug-likeness (QED) is 0.833. The molecule has 21 heavy (non-hydrogen) atoms. The minimum Gasteiger partial charge on any atom is -0.319 e. The average Bonchev–Trinajstić information content (AvgIpc) is 2.36. The summed E-state index contributed by atoms with van der Waals surface area (Å²) in [5.74, 6) is -0.0191. The molecule has 0 aromatic heterocycles. The Balaban J connectivity index is 3.02. The minimum atomic E-state index is -4.63. The number of nitrogens with one attached hydrogen (secondary N) is 2. The summed E-state index contributed by atoms with van der Waals surface area (Å²) in [7, 11) is -2.38. The maximum Gasteiger partial charge on any atom is 0.416 e. The average molecular weight is 345 g/mol. The lowest BCUT2D eigenvalue weighted by molar-refractivity contribution is -0.137. The van der Waals surface area contributed by atoms with Crippen LogP contribution >= 0.6 is 11.6 Å². The highest BCUT2D eigenvalue weighted by molar-refractivity contribution is 7.89. The smallest absolute Gasteiger partial charge is 0.319 e. The summed E-state index contributed by atoms with van der Waals surface area (Å²) < 4.78 is 64.3. The third-order valence-corrected chi connectivity index (χ3v) is 4.63. The topological polar surface area (TPSA) is 58.2 Å². The van der Waals surface area contributed by atoms with Gasteiger partial charge >= 0.3 is 6.18 Å². The van der Waals surface area contributed by atoms with Crippen LogP contribution in [0.3, 0.4) is 0 Å². The van der Waals surface area contributed by atoms with Gasteiger partial charge in [-0.25, -0.2) is 13.1 Å². The zero-order chi connectivity index (χ0) is 16.3. The second kappa shape index (κ2) is 6.95. The number of alkyl halides is 3. The van der Waals surface area contributed by atoms with Crippen LogP contribution < -0.4 is 10.0 Å². The van der Waals surface area contributed by atoms with E-state index in [4.69, 9.17) is 11.6 Å². The molecule has 1 atom stereocenters. The molecule has 9 heteroatoms. The van der Waals surface area contributed by atoms with Crippen molar-refractivity contribution in [2.45, 2.75) is 18.0 Å². The van der Waals surface area contributed by atoms with Crippen LogP contribution in [-0.2, 0) is 16.2 Å². The standard InChI is InChI=1S/C12H16ClF3N2O2S/c1-8(6-17-2)7-18-21(19,20)11-5-9(12(14,15)16)3-4-10(11)13/h3-5,8,17-18H,6-7H2,1-2H3. The van der Waals surface area contributed by atoms with E-state index in [0.29, 0.717) is 12.6 Å². The number of rotatable bonds is 6. The van der Waals surface area contributed by atoms with E-state index < -0.39 is 26.7 Å². The summed E-state index contributed by atoms with van der Waals surface area (Å²) in [5.41, 5.74) is -1.06. The highest BCUT2D eigenvalue weighted by Crippen LogP contribution is 2.33. The van der Waals surface area contributed by atoms with Gasteiger partial charge in [0.05, 0.1) is 10.6 Å². The van der Waals surface area contributed by atoms with Crippen molar-refractivity contribution in [3.63, 3.8) is 0 Å². The van der Waals surface area contributed by atoms with E-state index in [9.17, 15) is 21.6 Å². The molecular weight excluding hydrogens is 329 g/mol. The Morgan fingerprint density at radius 1 is 1.29 bits per heavy atom. The monoisotopic (exact) mass is 344 g/mol. The Hall–Kier alpha value is -0.830. The van der Waals surface area contributed by atoms with Gasteiger partial charge in [0, 0.05) is 6.54 Å². The van der Waals surface area contributed by atoms with Gasteiger partial charge in [0.1, 0.15) is 4.90 Å². The van der Waals surface area contributed by atoms with Crippen LogP contribution in [0.1, 0.15) is 12.5 Å². The molecule has 0 aliphatic rings. The third kappa shape index (κ3) is 5.14. The molecule has 0 saturated heterocycles. The molecule has 0 aliphatic carbocycles. The van der Waals surface area contributed by atoms with Gasteiger partial charge < -0.3 is 5.32 Å². The Morgan fingerprint density at radius 3 is 2.43 bits per heavy atom. The molecule has 4 nitrogen and oxygen atoms in total. The fraction of sp³-hybridized carbons (Fsp3) is 0.500. The highest BCUT2D eigenvalue weighted by Gasteiger charge is 2.32. The zero-order valence-corrected chi connectivity index (χ0v) is 13.0. The second-order valence-electron chi connectivity index (χ2n) is 4.66. The lowest BCUT2D eigenvalue weighted by Crippen LogP contribution is -2.32. The molecule has 0 amide bonds. The van der Waals surface area contributed by atoms with Crippen LogP contribution in [0.4, 0.5) is 13.2 Å². The molecule has 2 N–H and O–H groups in total. The van der Waals surface area contributed by atoms with Crippen molar-refractivity contribution in [1.82, 2.24) is 10.0 Å². The molecule has 1 rings (SSSR count). The minimum absolute atomic E-state index is 0.0191. The molecule has 0 saturated carbocycles. The zero-order valence-electron chi connectivity index (χ0n) is 11.5. The molecule has 1 unspecified atom stereocenters. The van der Waals surface area contributed by atoms with Crippen LogP contribution in [0.25, 0.3) is 0 Å². The molecular formula is C12H16ClF3N2O2S. The van der Waals surface area contributed by atoms with Gasteiger partial charge in [-0.2, -0.15) is 13.2 Å². The van der Waals surface area contributed by atoms with Gasteiger partial charge in [0.2, 0.25) is 10.0 Å². The Morgan fingerprint density at radius 2 is 1.90 bits per heavy atom. The van der Waals surface area contributed by atoms with Crippen molar-refractivity contribution in [3.05, 3.63) is 28.8 Å². The molecule has 0 spiro atoms. The summed E-state index contributed by atoms with van der Waals surface area (Å²) >= 11 is 5.71. The summed E-state index contributed by atoms with van der Waals surface area (Å²) in [6, 6.07) is 2.20. The van der Waals surface area contributed by atoms with Gasteiger partial charge in [0.15, 0.2) is 0 Å². The number of benzene rings is 1. The van der Waals surface area contributed by atoms with Gasteiger partial charge in [-0.15, -0.1) is 0 Å². The molecule has 0 radical (unpaired) electrons. The Labute approximate surface area is 126 Å². The number of sulfonamides is 1. The lowest BCUT2D eigenvalue weighted by atomic mass is 10.2. The fourth-order valence-electron chi connectivity index (χ4n) is 1.64. The van der Waals surface area contributed by atoms with Crippen molar-refractivity contribution in [2.24, 2.45) is 5.92 Å². The predicted molar refractivity (Wildman–Crippen MR) is 74.7 cm³/mol. The van der Waals surface area contributed by atoms with Crippen molar-refractivity contribution in [1.29, 1.82) is 0 Å². The molecule has 0 aliphatic heterocycles. The van der Waals surface area contributed by atoms with Crippen LogP contribution in [0, 0.1) is 5.92 Å². The van der Waals surface area contributed by atoms with Gasteiger partial charge in [-0.1, -0.05) is 18.5 Å². The van der Waals surface area contributed by atoms with Crippen LogP contribution in [0.5, 0.6) is 0 Å². The Kier molecular flexibility index (Phi) is 6.03. The number of hydrogen-bond donors (Lipinski definition) is 2. The molecule has 120 valence electrons. The first kappa shape index (κ1) is 18.2. The van der Waals surface area contributed by atoms with Crippen LogP contribution in [-0.4, -0.2) is 28.6 Å². The largest absolute Gasteiger partial charge is 0.416 e. The van der Waals surface area contributed by atoms with Gasteiger partial charge in [0.25, 0.3) is 0 Å². The van der Waals surface area contributed by atoms with Crippen LogP contribution in [0.15, 0.2) is 23.1 Å². The molecule has 1 aromatic rings. The summed E-state index contributed by atoms with van der Waals surface area (Å²) in [5, 5.41) is 2.62. The summed E-state index contributed by atoms with van der Waals surface area (Å²) in [6.45, 7) is 2.46. The maximum absolute atomic E-state index is 12.6.